The molecular formula is C17H15BrN2O4. The lowest BCUT2D eigenvalue weighted by molar-refractivity contribution is 0.0659. The van der Waals surface area contributed by atoms with Crippen LogP contribution in [-0.2, 0) is 6.42 Å². The number of furan rings is 1. The van der Waals surface area contributed by atoms with Crippen molar-refractivity contribution in [2.24, 2.45) is 5.10 Å². The molecule has 0 aliphatic heterocycles. The summed E-state index contributed by atoms with van der Waals surface area (Å²) in [7, 11) is 0. The number of carboxylic acid groups (broad SMARTS) is 1. The molecule has 24 heavy (non-hydrogen) atoms. The summed E-state index contributed by atoms with van der Waals surface area (Å²) in [6, 6.07) is 7.06. The zero-order valence-corrected chi connectivity index (χ0v) is 14.5. The predicted octanol–water partition coefficient (Wildman–Crippen LogP) is 3.52. The first-order valence-electron chi connectivity index (χ1n) is 7.46. The Labute approximate surface area is 146 Å². The van der Waals surface area contributed by atoms with E-state index in [0.29, 0.717) is 45.5 Å². The molecule has 0 spiro atoms. The topological polar surface area (TPSA) is 91.9 Å². The minimum absolute atomic E-state index is 0.0632. The van der Waals surface area contributed by atoms with Crippen LogP contribution in [0.2, 0.25) is 0 Å². The second kappa shape index (κ2) is 6.60. The van der Waals surface area contributed by atoms with Gasteiger partial charge in [0, 0.05) is 22.0 Å². The number of carbonyl (C=O) groups is 2. The summed E-state index contributed by atoms with van der Waals surface area (Å²) in [5.74, 6) is -0.878. The third kappa shape index (κ3) is 2.99. The number of nitrogens with zero attached hydrogens (tertiary/aromatic N) is 1. The Morgan fingerprint density at radius 2 is 2.04 bits per heavy atom. The summed E-state index contributed by atoms with van der Waals surface area (Å²) in [6.07, 6.45) is 2.12. The van der Waals surface area contributed by atoms with Gasteiger partial charge in [-0.2, -0.15) is 5.10 Å². The Hall–Kier alpha value is -2.41. The fourth-order valence-corrected chi connectivity index (χ4v) is 3.27. The number of hydrogen-bond acceptors (Lipinski definition) is 4. The molecule has 1 aromatic heterocycles. The van der Waals surface area contributed by atoms with Crippen LogP contribution >= 0.6 is 15.9 Å². The normalized spacial score (nSPS) is 15.2. The third-order valence-electron chi connectivity index (χ3n) is 3.93. The maximum absolute atomic E-state index is 12.3. The summed E-state index contributed by atoms with van der Waals surface area (Å²) in [4.78, 5) is 23.5. The lowest BCUT2D eigenvalue weighted by atomic mass is 9.93. The van der Waals surface area contributed by atoms with Crippen molar-refractivity contribution >= 4 is 33.5 Å². The van der Waals surface area contributed by atoms with E-state index in [4.69, 9.17) is 4.42 Å². The first-order valence-corrected chi connectivity index (χ1v) is 8.25. The van der Waals surface area contributed by atoms with Gasteiger partial charge in [0.15, 0.2) is 0 Å². The third-order valence-corrected chi connectivity index (χ3v) is 4.62. The highest BCUT2D eigenvalue weighted by Crippen LogP contribution is 2.29. The summed E-state index contributed by atoms with van der Waals surface area (Å²) in [5.41, 5.74) is 4.92. The van der Waals surface area contributed by atoms with E-state index in [0.717, 1.165) is 6.42 Å². The molecule has 124 valence electrons. The highest BCUT2D eigenvalue weighted by molar-refractivity contribution is 9.10. The van der Waals surface area contributed by atoms with Gasteiger partial charge in [0.2, 0.25) is 5.76 Å². The van der Waals surface area contributed by atoms with Gasteiger partial charge in [0.05, 0.1) is 11.3 Å². The number of hydrogen-bond donors (Lipinski definition) is 2. The lowest BCUT2D eigenvalue weighted by Gasteiger charge is -2.13. The molecule has 1 aromatic carbocycles. The lowest BCUT2D eigenvalue weighted by Crippen LogP contribution is -2.22. The van der Waals surface area contributed by atoms with E-state index in [-0.39, 0.29) is 11.7 Å². The van der Waals surface area contributed by atoms with Gasteiger partial charge >= 0.3 is 5.97 Å². The number of carboxylic acids is 1. The maximum Gasteiger partial charge on any atom is 0.372 e. The van der Waals surface area contributed by atoms with E-state index in [2.05, 4.69) is 26.5 Å². The van der Waals surface area contributed by atoms with Crippen molar-refractivity contribution in [2.45, 2.75) is 26.2 Å². The molecule has 0 saturated heterocycles. The highest BCUT2D eigenvalue weighted by atomic mass is 79.9. The molecule has 0 radical (unpaired) electrons. The van der Waals surface area contributed by atoms with Gasteiger partial charge in [0.1, 0.15) is 5.76 Å². The molecule has 6 nitrogen and oxygen atoms in total. The van der Waals surface area contributed by atoms with Crippen LogP contribution in [-0.4, -0.2) is 22.7 Å². The first kappa shape index (κ1) is 16.4. The fraction of sp³-hybridized carbons (Fsp3) is 0.235. The van der Waals surface area contributed by atoms with Gasteiger partial charge in [-0.1, -0.05) is 12.1 Å². The van der Waals surface area contributed by atoms with Crippen molar-refractivity contribution in [3.63, 3.8) is 0 Å². The Bertz CT molecular complexity index is 854. The van der Waals surface area contributed by atoms with Crippen LogP contribution in [0.15, 0.2) is 38.3 Å². The van der Waals surface area contributed by atoms with Crippen LogP contribution in [0.4, 0.5) is 0 Å². The molecule has 2 aromatic rings. The number of fused-ring (bicyclic) bond motifs is 1. The van der Waals surface area contributed by atoms with Crippen molar-refractivity contribution in [1.82, 2.24) is 5.43 Å². The monoisotopic (exact) mass is 390 g/mol. The molecule has 2 N–H and O–H groups in total. The number of aromatic carboxylic acids is 1. The molecule has 1 amide bonds. The van der Waals surface area contributed by atoms with Crippen LogP contribution in [0.3, 0.4) is 0 Å². The molecule has 0 fully saturated rings. The van der Waals surface area contributed by atoms with Crippen LogP contribution < -0.4 is 5.43 Å². The number of nitrogens with one attached hydrogen (secondary N) is 1. The maximum atomic E-state index is 12.3. The second-order valence-electron chi connectivity index (χ2n) is 5.49. The van der Waals surface area contributed by atoms with Crippen molar-refractivity contribution in [3.05, 3.63) is 56.9 Å². The molecule has 1 aliphatic carbocycles. The summed E-state index contributed by atoms with van der Waals surface area (Å²) >= 11 is 3.33. The second-order valence-corrected chi connectivity index (χ2v) is 6.35. The largest absolute Gasteiger partial charge is 0.475 e. The van der Waals surface area contributed by atoms with Crippen molar-refractivity contribution in [1.29, 1.82) is 0 Å². The van der Waals surface area contributed by atoms with Crippen molar-refractivity contribution < 1.29 is 19.1 Å². The average Bonchev–Trinajstić information content (AvgIpc) is 2.91. The van der Waals surface area contributed by atoms with Crippen molar-refractivity contribution in [2.75, 3.05) is 0 Å². The average molecular weight is 391 g/mol. The van der Waals surface area contributed by atoms with Gasteiger partial charge in [-0.3, -0.25) is 4.79 Å². The van der Waals surface area contributed by atoms with Gasteiger partial charge in [-0.05, 0) is 47.8 Å². The summed E-state index contributed by atoms with van der Waals surface area (Å²) in [6.45, 7) is 1.70. The number of amides is 1. The summed E-state index contributed by atoms with van der Waals surface area (Å²) in [5, 5.41) is 13.4. The van der Waals surface area contributed by atoms with Crippen molar-refractivity contribution in [3.8, 4) is 0 Å². The van der Waals surface area contributed by atoms with Crippen LogP contribution in [0.1, 0.15) is 50.6 Å². The number of hydrazone groups is 1. The van der Waals surface area contributed by atoms with E-state index >= 15 is 0 Å². The van der Waals surface area contributed by atoms with E-state index in [1.807, 2.05) is 6.07 Å². The summed E-state index contributed by atoms with van der Waals surface area (Å²) < 4.78 is 6.12. The van der Waals surface area contributed by atoms with Crippen LogP contribution in [0.5, 0.6) is 0 Å². The smallest absolute Gasteiger partial charge is 0.372 e. The minimum Gasteiger partial charge on any atom is -0.475 e. The van der Waals surface area contributed by atoms with Crippen LogP contribution in [0, 0.1) is 6.92 Å². The van der Waals surface area contributed by atoms with E-state index in [9.17, 15) is 14.7 Å². The molecule has 1 heterocycles. The van der Waals surface area contributed by atoms with Crippen LogP contribution in [0.25, 0.3) is 0 Å². The Morgan fingerprint density at radius 3 is 2.75 bits per heavy atom. The molecule has 7 heteroatoms. The van der Waals surface area contributed by atoms with E-state index in [1.54, 1.807) is 25.1 Å². The van der Waals surface area contributed by atoms with Gasteiger partial charge in [-0.25, -0.2) is 10.2 Å². The molecule has 1 aliphatic rings. The molecule has 0 bridgehead atoms. The highest BCUT2D eigenvalue weighted by Gasteiger charge is 2.27. The van der Waals surface area contributed by atoms with Gasteiger partial charge in [0.25, 0.3) is 5.91 Å². The quantitative estimate of drug-likeness (QED) is 0.784. The molecule has 3 rings (SSSR count). The molecule has 0 saturated carbocycles. The molecular weight excluding hydrogens is 376 g/mol. The van der Waals surface area contributed by atoms with Gasteiger partial charge < -0.3 is 9.52 Å². The zero-order valence-electron chi connectivity index (χ0n) is 12.9. The minimum atomic E-state index is -1.10. The zero-order chi connectivity index (χ0) is 17.3. The number of rotatable bonds is 3. The number of halogens is 1. The first-order chi connectivity index (χ1) is 11.5. The molecule has 0 atom stereocenters. The Morgan fingerprint density at radius 1 is 1.29 bits per heavy atom. The standard InChI is InChI=1S/C17H15BrN2O4/c1-9-14-12(7-4-8-13(14)24-15(9)17(22)23)19-20-16(21)10-5-2-3-6-11(10)18/h2-3,5-6H,4,7-8H2,1H3,(H,20,21)(H,22,23)/b19-12+. The number of carbonyl (C=O) groups excluding carboxylic acids is 1. The Kier molecular flexibility index (Phi) is 4.53. The fourth-order valence-electron chi connectivity index (χ4n) is 2.81. The van der Waals surface area contributed by atoms with E-state index in [1.165, 1.54) is 0 Å². The number of aryl methyl sites for hydroxylation is 1. The molecule has 0 unspecified atom stereocenters. The van der Waals surface area contributed by atoms with E-state index < -0.39 is 5.97 Å². The van der Waals surface area contributed by atoms with Gasteiger partial charge in [-0.15, -0.1) is 0 Å². The SMILES string of the molecule is Cc1c(C(=O)O)oc2c1/C(=N/NC(=O)c1ccccc1Br)CCC2. The number of benzene rings is 1. The Balaban J connectivity index is 1.89. The predicted molar refractivity (Wildman–Crippen MR) is 91.5 cm³/mol.